The van der Waals surface area contributed by atoms with Gasteiger partial charge in [0.25, 0.3) is 5.56 Å². The molecule has 1 saturated heterocycles. The number of pyridine rings is 1. The number of hydrogen-bond acceptors (Lipinski definition) is 7. The minimum atomic E-state index is -0.592. The normalized spacial score (nSPS) is 15.9. The SMILES string of the molecule is CCOC(=O)Cn1ccc2nc(N3CCC[C@@H](NC(=O)OC(C)(C)C)C3)n(Cc3ccccc3Cl)c2c1=O. The summed E-state index contributed by atoms with van der Waals surface area (Å²) in [5.74, 6) is 0.111. The van der Waals surface area contributed by atoms with E-state index in [-0.39, 0.29) is 24.8 Å². The van der Waals surface area contributed by atoms with Crippen LogP contribution in [0.15, 0.2) is 41.3 Å². The van der Waals surface area contributed by atoms with E-state index in [2.05, 4.69) is 10.2 Å². The van der Waals surface area contributed by atoms with E-state index in [0.717, 1.165) is 18.4 Å². The molecule has 204 valence electrons. The quantitative estimate of drug-likeness (QED) is 0.449. The van der Waals surface area contributed by atoms with E-state index in [0.29, 0.717) is 41.6 Å². The summed E-state index contributed by atoms with van der Waals surface area (Å²) in [4.78, 5) is 45.0. The van der Waals surface area contributed by atoms with E-state index in [4.69, 9.17) is 26.1 Å². The number of halogens is 1. The van der Waals surface area contributed by atoms with Gasteiger partial charge in [0, 0.05) is 30.4 Å². The zero-order valence-corrected chi connectivity index (χ0v) is 23.0. The summed E-state index contributed by atoms with van der Waals surface area (Å²) in [5.41, 5.74) is 0.774. The Morgan fingerprint density at radius 1 is 1.21 bits per heavy atom. The van der Waals surface area contributed by atoms with E-state index in [1.54, 1.807) is 25.3 Å². The number of carbonyl (C=O) groups is 2. The summed E-state index contributed by atoms with van der Waals surface area (Å²) in [6.45, 7) is 8.75. The van der Waals surface area contributed by atoms with Crippen LogP contribution in [0.25, 0.3) is 11.0 Å². The molecule has 1 aromatic carbocycles. The first-order valence-corrected chi connectivity index (χ1v) is 13.2. The third-order valence-corrected chi connectivity index (χ3v) is 6.54. The average molecular weight is 544 g/mol. The first kappa shape index (κ1) is 27.5. The number of anilines is 1. The van der Waals surface area contributed by atoms with Crippen LogP contribution in [0.5, 0.6) is 0 Å². The van der Waals surface area contributed by atoms with Crippen molar-refractivity contribution in [2.75, 3.05) is 24.6 Å². The van der Waals surface area contributed by atoms with Gasteiger partial charge in [-0.05, 0) is 58.2 Å². The molecule has 1 fully saturated rings. The molecule has 0 bridgehead atoms. The number of hydrogen-bond donors (Lipinski definition) is 1. The van der Waals surface area contributed by atoms with Crippen LogP contribution >= 0.6 is 11.6 Å². The molecule has 1 atom stereocenters. The van der Waals surface area contributed by atoms with Crippen LogP contribution in [-0.2, 0) is 27.4 Å². The molecule has 0 saturated carbocycles. The topological polar surface area (TPSA) is 108 Å². The Morgan fingerprint density at radius 3 is 2.68 bits per heavy atom. The molecular weight excluding hydrogens is 510 g/mol. The molecule has 0 spiro atoms. The smallest absolute Gasteiger partial charge is 0.407 e. The molecular formula is C27H34ClN5O5. The fourth-order valence-electron chi connectivity index (χ4n) is 4.57. The standard InChI is InChI=1S/C27H34ClN5O5/c1-5-37-22(34)17-31-14-12-21-23(24(31)35)33(15-18-9-6-7-11-20(18)28)25(30-21)32-13-8-10-19(16-32)29-26(36)38-27(2,3)4/h6-7,9,11-12,14,19H,5,8,10,13,15-17H2,1-4H3,(H,29,36)/t19-/m1/s1. The van der Waals surface area contributed by atoms with Crippen molar-refractivity contribution in [2.45, 2.75) is 65.3 Å². The minimum Gasteiger partial charge on any atom is -0.465 e. The molecule has 2 aromatic heterocycles. The van der Waals surface area contributed by atoms with Crippen LogP contribution in [0.2, 0.25) is 5.02 Å². The van der Waals surface area contributed by atoms with E-state index in [9.17, 15) is 14.4 Å². The molecule has 1 aliphatic rings. The highest BCUT2D eigenvalue weighted by molar-refractivity contribution is 6.31. The second-order valence-electron chi connectivity index (χ2n) is 10.3. The lowest BCUT2D eigenvalue weighted by Crippen LogP contribution is -2.49. The van der Waals surface area contributed by atoms with Gasteiger partial charge in [0.05, 0.1) is 18.7 Å². The van der Waals surface area contributed by atoms with Gasteiger partial charge in [-0.1, -0.05) is 29.8 Å². The van der Waals surface area contributed by atoms with Crippen LogP contribution in [-0.4, -0.2) is 57.5 Å². The predicted octanol–water partition coefficient (Wildman–Crippen LogP) is 3.96. The summed E-state index contributed by atoms with van der Waals surface area (Å²) in [5, 5.41) is 3.54. The number of rotatable bonds is 7. The highest BCUT2D eigenvalue weighted by Gasteiger charge is 2.28. The van der Waals surface area contributed by atoms with Gasteiger partial charge in [0.2, 0.25) is 5.95 Å². The number of fused-ring (bicyclic) bond motifs is 1. The van der Waals surface area contributed by atoms with Crippen molar-refractivity contribution in [2.24, 2.45) is 0 Å². The molecule has 11 heteroatoms. The summed E-state index contributed by atoms with van der Waals surface area (Å²) >= 11 is 6.49. The molecule has 3 aromatic rings. The number of nitrogens with one attached hydrogen (secondary N) is 1. The van der Waals surface area contributed by atoms with E-state index >= 15 is 0 Å². The zero-order chi connectivity index (χ0) is 27.4. The Hall–Kier alpha value is -3.53. The van der Waals surface area contributed by atoms with E-state index in [1.807, 2.05) is 43.5 Å². The molecule has 3 heterocycles. The van der Waals surface area contributed by atoms with Gasteiger partial charge >= 0.3 is 12.1 Å². The largest absolute Gasteiger partial charge is 0.465 e. The lowest BCUT2D eigenvalue weighted by atomic mass is 10.1. The van der Waals surface area contributed by atoms with Crippen LogP contribution in [0.4, 0.5) is 10.7 Å². The first-order chi connectivity index (χ1) is 18.1. The van der Waals surface area contributed by atoms with E-state index in [1.165, 1.54) is 4.57 Å². The maximum atomic E-state index is 13.6. The average Bonchev–Trinajstić information content (AvgIpc) is 3.20. The first-order valence-electron chi connectivity index (χ1n) is 12.8. The number of amides is 1. The molecule has 0 aliphatic carbocycles. The molecule has 1 amide bonds. The van der Waals surface area contributed by atoms with Crippen molar-refractivity contribution >= 4 is 40.6 Å². The number of esters is 1. The number of carbonyl (C=O) groups excluding carboxylic acids is 2. The number of aromatic nitrogens is 3. The second-order valence-corrected chi connectivity index (χ2v) is 10.7. The van der Waals surface area contributed by atoms with Gasteiger partial charge in [-0.15, -0.1) is 0 Å². The van der Waals surface area contributed by atoms with Gasteiger partial charge in [0.15, 0.2) is 0 Å². The van der Waals surface area contributed by atoms with Crippen LogP contribution < -0.4 is 15.8 Å². The molecule has 0 radical (unpaired) electrons. The summed E-state index contributed by atoms with van der Waals surface area (Å²) in [6, 6.07) is 9.02. The summed E-state index contributed by atoms with van der Waals surface area (Å²) < 4.78 is 13.6. The number of benzene rings is 1. The number of ether oxygens (including phenoxy) is 2. The predicted molar refractivity (Wildman–Crippen MR) is 146 cm³/mol. The summed E-state index contributed by atoms with van der Waals surface area (Å²) in [7, 11) is 0. The molecule has 38 heavy (non-hydrogen) atoms. The molecule has 1 aliphatic heterocycles. The number of piperidine rings is 1. The number of alkyl carbamates (subject to hydrolysis) is 1. The Kier molecular flexibility index (Phi) is 8.30. The fraction of sp³-hybridized carbons (Fsp3) is 0.481. The highest BCUT2D eigenvalue weighted by atomic mass is 35.5. The van der Waals surface area contributed by atoms with Gasteiger partial charge in [-0.2, -0.15) is 0 Å². The van der Waals surface area contributed by atoms with Crippen LogP contribution in [0.3, 0.4) is 0 Å². The number of imidazole rings is 1. The third kappa shape index (κ3) is 6.48. The molecule has 0 unspecified atom stereocenters. The lowest BCUT2D eigenvalue weighted by molar-refractivity contribution is -0.143. The molecule has 1 N–H and O–H groups in total. The summed E-state index contributed by atoms with van der Waals surface area (Å²) in [6.07, 6.45) is 2.72. The van der Waals surface area contributed by atoms with Crippen molar-refractivity contribution in [1.82, 2.24) is 19.4 Å². The van der Waals surface area contributed by atoms with Crippen molar-refractivity contribution in [3.63, 3.8) is 0 Å². The van der Waals surface area contributed by atoms with Crippen molar-refractivity contribution in [3.05, 3.63) is 57.5 Å². The fourth-order valence-corrected chi connectivity index (χ4v) is 4.77. The van der Waals surface area contributed by atoms with Gasteiger partial charge in [-0.25, -0.2) is 9.78 Å². The third-order valence-electron chi connectivity index (χ3n) is 6.17. The van der Waals surface area contributed by atoms with Crippen molar-refractivity contribution in [1.29, 1.82) is 0 Å². The monoisotopic (exact) mass is 543 g/mol. The number of nitrogens with zero attached hydrogens (tertiary/aromatic N) is 4. The highest BCUT2D eigenvalue weighted by Crippen LogP contribution is 2.27. The van der Waals surface area contributed by atoms with Crippen LogP contribution in [0.1, 0.15) is 46.1 Å². The van der Waals surface area contributed by atoms with Crippen molar-refractivity contribution in [3.8, 4) is 0 Å². The Morgan fingerprint density at radius 2 is 1.97 bits per heavy atom. The Bertz CT molecular complexity index is 1380. The van der Waals surface area contributed by atoms with Gasteiger partial charge < -0.3 is 28.8 Å². The zero-order valence-electron chi connectivity index (χ0n) is 22.2. The maximum absolute atomic E-state index is 13.6. The maximum Gasteiger partial charge on any atom is 0.407 e. The van der Waals surface area contributed by atoms with Crippen molar-refractivity contribution < 1.29 is 19.1 Å². The Labute approximate surface area is 226 Å². The second kappa shape index (κ2) is 11.5. The van der Waals surface area contributed by atoms with Gasteiger partial charge in [-0.3, -0.25) is 9.59 Å². The molecule has 10 nitrogen and oxygen atoms in total. The lowest BCUT2D eigenvalue weighted by Gasteiger charge is -2.34. The minimum absolute atomic E-state index is 0.146. The molecule has 4 rings (SSSR count). The van der Waals surface area contributed by atoms with E-state index < -0.39 is 17.7 Å². The van der Waals surface area contributed by atoms with Gasteiger partial charge in [0.1, 0.15) is 17.7 Å². The van der Waals surface area contributed by atoms with Crippen LogP contribution in [0, 0.1) is 0 Å². The Balaban J connectivity index is 1.71.